The van der Waals surface area contributed by atoms with Gasteiger partial charge in [-0.2, -0.15) is 0 Å². The number of carboxylic acids is 1. The lowest BCUT2D eigenvalue weighted by Crippen LogP contribution is -2.37. The minimum absolute atomic E-state index is 0.186. The van der Waals surface area contributed by atoms with Gasteiger partial charge in [-0.15, -0.1) is 11.3 Å². The van der Waals surface area contributed by atoms with Crippen molar-refractivity contribution in [1.82, 2.24) is 5.32 Å². The van der Waals surface area contributed by atoms with Gasteiger partial charge in [0.2, 0.25) is 0 Å². The van der Waals surface area contributed by atoms with Crippen molar-refractivity contribution in [2.45, 2.75) is 44.7 Å². The van der Waals surface area contributed by atoms with Gasteiger partial charge in [0.25, 0.3) is 0 Å². The average Bonchev–Trinajstić information content (AvgIpc) is 2.76. The van der Waals surface area contributed by atoms with Gasteiger partial charge in [-0.1, -0.05) is 18.0 Å². The van der Waals surface area contributed by atoms with E-state index in [1.807, 2.05) is 6.07 Å². The Bertz CT molecular complexity index is 421. The smallest absolute Gasteiger partial charge is 0.306 e. The zero-order valence-electron chi connectivity index (χ0n) is 10.4. The second kappa shape index (κ2) is 6.04. The molecule has 0 saturated heterocycles. The molecule has 1 aliphatic carbocycles. The normalized spacial score (nSPS) is 25.9. The summed E-state index contributed by atoms with van der Waals surface area (Å²) in [5.41, 5.74) is 1.18. The van der Waals surface area contributed by atoms with Crippen LogP contribution < -0.4 is 5.32 Å². The van der Waals surface area contributed by atoms with E-state index in [2.05, 4.69) is 17.6 Å². The van der Waals surface area contributed by atoms with Crippen LogP contribution in [0.15, 0.2) is 11.4 Å². The zero-order valence-corrected chi connectivity index (χ0v) is 11.9. The number of rotatable bonds is 4. The summed E-state index contributed by atoms with van der Waals surface area (Å²) in [4.78, 5) is 11.0. The van der Waals surface area contributed by atoms with Crippen molar-refractivity contribution in [3.8, 4) is 0 Å². The third-order valence-corrected chi connectivity index (χ3v) is 4.71. The first kappa shape index (κ1) is 13.8. The third kappa shape index (κ3) is 3.46. The Morgan fingerprint density at radius 3 is 3.00 bits per heavy atom. The highest BCUT2D eigenvalue weighted by molar-refractivity contribution is 7.14. The first-order valence-corrected chi connectivity index (χ1v) is 7.55. The second-order valence-corrected chi connectivity index (χ2v) is 6.51. The minimum Gasteiger partial charge on any atom is -0.481 e. The molecule has 18 heavy (non-hydrogen) atoms. The van der Waals surface area contributed by atoms with Crippen molar-refractivity contribution in [3.63, 3.8) is 0 Å². The summed E-state index contributed by atoms with van der Waals surface area (Å²) in [5, 5.41) is 14.6. The van der Waals surface area contributed by atoms with Crippen LogP contribution in [0.5, 0.6) is 0 Å². The van der Waals surface area contributed by atoms with E-state index in [-0.39, 0.29) is 12.0 Å². The molecule has 2 N–H and O–H groups in total. The summed E-state index contributed by atoms with van der Waals surface area (Å²) in [6.45, 7) is 2.10. The van der Waals surface area contributed by atoms with Crippen molar-refractivity contribution >= 4 is 28.9 Å². The Morgan fingerprint density at radius 1 is 1.61 bits per heavy atom. The molecule has 100 valence electrons. The van der Waals surface area contributed by atoms with E-state index < -0.39 is 5.97 Å². The molecular formula is C13H18ClNO2S. The van der Waals surface area contributed by atoms with E-state index >= 15 is 0 Å². The quantitative estimate of drug-likeness (QED) is 0.888. The fourth-order valence-electron chi connectivity index (χ4n) is 2.57. The molecular weight excluding hydrogens is 270 g/mol. The first-order chi connectivity index (χ1) is 8.56. The molecule has 1 aromatic rings. The lowest BCUT2D eigenvalue weighted by atomic mass is 9.85. The molecule has 0 amide bonds. The number of hydrogen-bond acceptors (Lipinski definition) is 3. The standard InChI is InChI=1S/C13H18ClNO2S/c1-8(10-6-12(14)18-7-10)15-11-4-2-3-9(5-11)13(16)17/h6-9,11,15H,2-5H2,1H3,(H,16,17). The first-order valence-electron chi connectivity index (χ1n) is 6.29. The van der Waals surface area contributed by atoms with Gasteiger partial charge >= 0.3 is 5.97 Å². The maximum absolute atomic E-state index is 11.0. The Kier molecular flexibility index (Phi) is 4.65. The molecule has 1 aromatic heterocycles. The zero-order chi connectivity index (χ0) is 13.1. The number of thiophene rings is 1. The summed E-state index contributed by atoms with van der Waals surface area (Å²) in [6, 6.07) is 2.50. The molecule has 5 heteroatoms. The van der Waals surface area contributed by atoms with Gasteiger partial charge in [-0.3, -0.25) is 4.79 Å². The third-order valence-electron chi connectivity index (χ3n) is 3.60. The monoisotopic (exact) mass is 287 g/mol. The Labute approximate surface area is 116 Å². The van der Waals surface area contributed by atoms with Crippen LogP contribution in [-0.4, -0.2) is 17.1 Å². The van der Waals surface area contributed by atoms with E-state index in [0.717, 1.165) is 30.0 Å². The lowest BCUT2D eigenvalue weighted by Gasteiger charge is -2.29. The highest BCUT2D eigenvalue weighted by atomic mass is 35.5. The molecule has 1 aliphatic rings. The Hall–Kier alpha value is -0.580. The molecule has 2 rings (SSSR count). The van der Waals surface area contributed by atoms with Crippen LogP contribution in [0.1, 0.15) is 44.2 Å². The van der Waals surface area contributed by atoms with E-state index in [1.54, 1.807) is 0 Å². The molecule has 0 radical (unpaired) electrons. The van der Waals surface area contributed by atoms with Gasteiger partial charge in [-0.05, 0) is 43.2 Å². The van der Waals surface area contributed by atoms with Crippen molar-refractivity contribution in [2.24, 2.45) is 5.92 Å². The molecule has 0 bridgehead atoms. The van der Waals surface area contributed by atoms with Crippen molar-refractivity contribution in [1.29, 1.82) is 0 Å². The van der Waals surface area contributed by atoms with Crippen LogP contribution >= 0.6 is 22.9 Å². The fraction of sp³-hybridized carbons (Fsp3) is 0.615. The van der Waals surface area contributed by atoms with Crippen LogP contribution in [0.4, 0.5) is 0 Å². The highest BCUT2D eigenvalue weighted by Crippen LogP contribution is 2.28. The average molecular weight is 288 g/mol. The van der Waals surface area contributed by atoms with E-state index in [1.165, 1.54) is 16.9 Å². The maximum Gasteiger partial charge on any atom is 0.306 e. The number of carbonyl (C=O) groups is 1. The van der Waals surface area contributed by atoms with Gasteiger partial charge < -0.3 is 10.4 Å². The Balaban J connectivity index is 1.91. The highest BCUT2D eigenvalue weighted by Gasteiger charge is 2.27. The van der Waals surface area contributed by atoms with E-state index in [9.17, 15) is 4.79 Å². The summed E-state index contributed by atoms with van der Waals surface area (Å²) < 4.78 is 0.797. The molecule has 0 aromatic carbocycles. The van der Waals surface area contributed by atoms with Gasteiger partial charge in [0.15, 0.2) is 0 Å². The van der Waals surface area contributed by atoms with Crippen LogP contribution in [-0.2, 0) is 4.79 Å². The lowest BCUT2D eigenvalue weighted by molar-refractivity contribution is -0.143. The predicted octanol–water partition coefficient (Wildman–Crippen LogP) is 3.70. The van der Waals surface area contributed by atoms with Gasteiger partial charge in [0.1, 0.15) is 0 Å². The topological polar surface area (TPSA) is 49.3 Å². The molecule has 0 spiro atoms. The van der Waals surface area contributed by atoms with Gasteiger partial charge in [0, 0.05) is 12.1 Å². The number of halogens is 1. The maximum atomic E-state index is 11.0. The second-order valence-electron chi connectivity index (χ2n) is 4.97. The molecule has 1 fully saturated rings. The van der Waals surface area contributed by atoms with E-state index in [0.29, 0.717) is 6.04 Å². The number of aliphatic carboxylic acids is 1. The summed E-state index contributed by atoms with van der Waals surface area (Å²) >= 11 is 7.46. The molecule has 3 unspecified atom stereocenters. The molecule has 3 atom stereocenters. The van der Waals surface area contributed by atoms with Gasteiger partial charge in [-0.25, -0.2) is 0 Å². The van der Waals surface area contributed by atoms with Gasteiger partial charge in [0.05, 0.1) is 10.3 Å². The number of hydrogen-bond donors (Lipinski definition) is 2. The fourth-order valence-corrected chi connectivity index (χ4v) is 3.55. The SMILES string of the molecule is CC(NC1CCCC(C(=O)O)C1)c1csc(Cl)c1. The minimum atomic E-state index is -0.660. The van der Waals surface area contributed by atoms with Crippen molar-refractivity contribution < 1.29 is 9.90 Å². The number of carboxylic acid groups (broad SMARTS) is 1. The van der Waals surface area contributed by atoms with Crippen molar-refractivity contribution in [3.05, 3.63) is 21.3 Å². The summed E-state index contributed by atoms with van der Waals surface area (Å²) in [5.74, 6) is -0.845. The molecule has 1 heterocycles. The van der Waals surface area contributed by atoms with Crippen LogP contribution in [0.2, 0.25) is 4.34 Å². The molecule has 0 aliphatic heterocycles. The summed E-state index contributed by atoms with van der Waals surface area (Å²) in [7, 11) is 0. The van der Waals surface area contributed by atoms with Crippen LogP contribution in [0, 0.1) is 5.92 Å². The largest absolute Gasteiger partial charge is 0.481 e. The van der Waals surface area contributed by atoms with Crippen LogP contribution in [0.3, 0.4) is 0 Å². The van der Waals surface area contributed by atoms with E-state index in [4.69, 9.17) is 16.7 Å². The number of nitrogens with one attached hydrogen (secondary N) is 1. The predicted molar refractivity (Wildman–Crippen MR) is 74.3 cm³/mol. The Morgan fingerprint density at radius 2 is 2.39 bits per heavy atom. The van der Waals surface area contributed by atoms with Crippen LogP contribution in [0.25, 0.3) is 0 Å². The van der Waals surface area contributed by atoms with Crippen molar-refractivity contribution in [2.75, 3.05) is 0 Å². The summed E-state index contributed by atoms with van der Waals surface area (Å²) in [6.07, 6.45) is 3.60. The molecule has 3 nitrogen and oxygen atoms in total. The molecule has 1 saturated carbocycles.